The number of rotatable bonds is 4. The van der Waals surface area contributed by atoms with Crippen molar-refractivity contribution in [2.75, 3.05) is 16.7 Å². The summed E-state index contributed by atoms with van der Waals surface area (Å²) in [7, 11) is -3.50. The SMILES string of the molecule is CS(=O)(=O)Nc1ccccc1SCC(F)(F)F. The van der Waals surface area contributed by atoms with E-state index in [9.17, 15) is 21.6 Å². The van der Waals surface area contributed by atoms with Crippen LogP contribution in [0.4, 0.5) is 18.9 Å². The summed E-state index contributed by atoms with van der Waals surface area (Å²) in [6, 6.07) is 5.95. The lowest BCUT2D eigenvalue weighted by atomic mass is 10.3. The molecule has 1 N–H and O–H groups in total. The Balaban J connectivity index is 2.85. The molecule has 0 radical (unpaired) electrons. The van der Waals surface area contributed by atoms with Gasteiger partial charge in [-0.2, -0.15) is 13.2 Å². The van der Waals surface area contributed by atoms with Crippen molar-refractivity contribution < 1.29 is 21.6 Å². The van der Waals surface area contributed by atoms with Crippen LogP contribution in [0.25, 0.3) is 0 Å². The molecular formula is C9H10F3NO2S2. The van der Waals surface area contributed by atoms with Gasteiger partial charge < -0.3 is 0 Å². The maximum atomic E-state index is 12.1. The van der Waals surface area contributed by atoms with Crippen molar-refractivity contribution in [3.05, 3.63) is 24.3 Å². The average Bonchev–Trinajstić information content (AvgIpc) is 2.12. The predicted octanol–water partition coefficient (Wildman–Crippen LogP) is 2.71. The maximum Gasteiger partial charge on any atom is 0.398 e. The van der Waals surface area contributed by atoms with Crippen LogP contribution in [0.2, 0.25) is 0 Å². The van der Waals surface area contributed by atoms with Crippen molar-refractivity contribution in [1.29, 1.82) is 0 Å². The molecule has 0 aliphatic carbocycles. The summed E-state index contributed by atoms with van der Waals surface area (Å²) in [5, 5.41) is 0. The first-order valence-electron chi connectivity index (χ1n) is 4.44. The van der Waals surface area contributed by atoms with Crippen LogP contribution < -0.4 is 4.72 Å². The number of benzene rings is 1. The van der Waals surface area contributed by atoms with Crippen LogP contribution in [0.3, 0.4) is 0 Å². The Bertz CT molecular complexity index is 485. The first kappa shape index (κ1) is 14.2. The highest BCUT2D eigenvalue weighted by molar-refractivity contribution is 7.99. The molecule has 8 heteroatoms. The van der Waals surface area contributed by atoms with E-state index < -0.39 is 22.0 Å². The van der Waals surface area contributed by atoms with Crippen LogP contribution in [0.15, 0.2) is 29.2 Å². The first-order chi connectivity index (χ1) is 7.67. The normalized spacial score (nSPS) is 12.5. The Hall–Kier alpha value is -0.890. The zero-order valence-corrected chi connectivity index (χ0v) is 10.4. The third-order valence-corrected chi connectivity index (χ3v) is 3.30. The molecule has 0 aliphatic heterocycles. The molecule has 0 heterocycles. The number of hydrogen-bond acceptors (Lipinski definition) is 3. The van der Waals surface area contributed by atoms with Gasteiger partial charge in [-0.1, -0.05) is 12.1 Å². The Morgan fingerprint density at radius 1 is 1.29 bits per heavy atom. The summed E-state index contributed by atoms with van der Waals surface area (Å²) < 4.78 is 60.3. The fourth-order valence-electron chi connectivity index (χ4n) is 1.04. The standard InChI is InChI=1S/C9H10F3NO2S2/c1-17(14,15)13-7-4-2-3-5-8(7)16-6-9(10,11)12/h2-5,13H,6H2,1H3. The lowest BCUT2D eigenvalue weighted by molar-refractivity contribution is -0.105. The van der Waals surface area contributed by atoms with Crippen LogP contribution in [-0.2, 0) is 10.0 Å². The minimum Gasteiger partial charge on any atom is -0.283 e. The monoisotopic (exact) mass is 285 g/mol. The fraction of sp³-hybridized carbons (Fsp3) is 0.333. The summed E-state index contributed by atoms with van der Waals surface area (Å²) in [6.45, 7) is 0. The Morgan fingerprint density at radius 2 is 1.88 bits per heavy atom. The molecule has 0 amide bonds. The van der Waals surface area contributed by atoms with Crippen LogP contribution in [-0.4, -0.2) is 26.6 Å². The fourth-order valence-corrected chi connectivity index (χ4v) is 2.45. The third kappa shape index (κ3) is 5.83. The Labute approximate surface area is 101 Å². The molecule has 0 fully saturated rings. The van der Waals surface area contributed by atoms with E-state index in [0.717, 1.165) is 6.26 Å². The molecule has 96 valence electrons. The summed E-state index contributed by atoms with van der Waals surface area (Å²) in [5.41, 5.74) is 0.157. The van der Waals surface area contributed by atoms with E-state index in [-0.39, 0.29) is 10.6 Å². The van der Waals surface area contributed by atoms with E-state index in [2.05, 4.69) is 4.72 Å². The van der Waals surface area contributed by atoms with Gasteiger partial charge in [0.2, 0.25) is 10.0 Å². The van der Waals surface area contributed by atoms with Gasteiger partial charge in [0.05, 0.1) is 17.7 Å². The molecule has 3 nitrogen and oxygen atoms in total. The van der Waals surface area contributed by atoms with Gasteiger partial charge in [0.1, 0.15) is 0 Å². The van der Waals surface area contributed by atoms with Gasteiger partial charge in [-0.25, -0.2) is 8.42 Å². The maximum absolute atomic E-state index is 12.1. The molecule has 0 spiro atoms. The molecule has 1 aromatic carbocycles. The molecule has 0 atom stereocenters. The molecule has 17 heavy (non-hydrogen) atoms. The van der Waals surface area contributed by atoms with Gasteiger partial charge in [-0.15, -0.1) is 11.8 Å². The molecule has 0 aromatic heterocycles. The largest absolute Gasteiger partial charge is 0.398 e. The van der Waals surface area contributed by atoms with Gasteiger partial charge in [0, 0.05) is 4.90 Å². The minimum atomic E-state index is -4.29. The van der Waals surface area contributed by atoms with Crippen molar-refractivity contribution >= 4 is 27.5 Å². The molecular weight excluding hydrogens is 275 g/mol. The number of para-hydroxylation sites is 1. The van der Waals surface area contributed by atoms with E-state index in [1.807, 2.05) is 0 Å². The van der Waals surface area contributed by atoms with Crippen molar-refractivity contribution in [3.8, 4) is 0 Å². The minimum absolute atomic E-state index is 0.157. The molecule has 0 bridgehead atoms. The van der Waals surface area contributed by atoms with Crippen molar-refractivity contribution in [2.24, 2.45) is 0 Å². The number of halogens is 3. The van der Waals surface area contributed by atoms with Gasteiger partial charge in [-0.05, 0) is 12.1 Å². The van der Waals surface area contributed by atoms with Crippen LogP contribution in [0.5, 0.6) is 0 Å². The van der Waals surface area contributed by atoms with Crippen LogP contribution >= 0.6 is 11.8 Å². The van der Waals surface area contributed by atoms with Gasteiger partial charge in [0.25, 0.3) is 0 Å². The van der Waals surface area contributed by atoms with Crippen molar-refractivity contribution in [1.82, 2.24) is 0 Å². The highest BCUT2D eigenvalue weighted by Gasteiger charge is 2.27. The van der Waals surface area contributed by atoms with E-state index in [0.29, 0.717) is 11.8 Å². The molecule has 0 saturated carbocycles. The van der Waals surface area contributed by atoms with Gasteiger partial charge >= 0.3 is 6.18 Å². The number of thioether (sulfide) groups is 1. The topological polar surface area (TPSA) is 46.2 Å². The summed E-state index contributed by atoms with van der Waals surface area (Å²) in [5.74, 6) is -1.06. The molecule has 0 saturated heterocycles. The number of sulfonamides is 1. The number of nitrogens with one attached hydrogen (secondary N) is 1. The lowest BCUT2D eigenvalue weighted by Crippen LogP contribution is -2.12. The summed E-state index contributed by atoms with van der Waals surface area (Å²) >= 11 is 0.543. The molecule has 1 rings (SSSR count). The predicted molar refractivity (Wildman–Crippen MR) is 61.7 cm³/mol. The Morgan fingerprint density at radius 3 is 2.41 bits per heavy atom. The Kier molecular flexibility index (Phi) is 4.31. The van der Waals surface area contributed by atoms with Crippen molar-refractivity contribution in [2.45, 2.75) is 11.1 Å². The van der Waals surface area contributed by atoms with E-state index in [1.54, 1.807) is 12.1 Å². The van der Waals surface area contributed by atoms with E-state index in [4.69, 9.17) is 0 Å². The second-order valence-corrected chi connectivity index (χ2v) is 6.04. The van der Waals surface area contributed by atoms with Crippen LogP contribution in [0.1, 0.15) is 0 Å². The second-order valence-electron chi connectivity index (χ2n) is 3.27. The quantitative estimate of drug-likeness (QED) is 0.865. The average molecular weight is 285 g/mol. The number of hydrogen-bond donors (Lipinski definition) is 1. The van der Waals surface area contributed by atoms with Crippen molar-refractivity contribution in [3.63, 3.8) is 0 Å². The summed E-state index contributed by atoms with van der Waals surface area (Å²) in [4.78, 5) is 0.246. The highest BCUT2D eigenvalue weighted by Crippen LogP contribution is 2.32. The van der Waals surface area contributed by atoms with E-state index >= 15 is 0 Å². The number of anilines is 1. The van der Waals surface area contributed by atoms with E-state index in [1.165, 1.54) is 12.1 Å². The van der Waals surface area contributed by atoms with Gasteiger partial charge in [-0.3, -0.25) is 4.72 Å². The second kappa shape index (κ2) is 5.18. The van der Waals surface area contributed by atoms with Crippen LogP contribution in [0, 0.1) is 0 Å². The lowest BCUT2D eigenvalue weighted by Gasteiger charge is -2.11. The first-order valence-corrected chi connectivity index (χ1v) is 7.31. The third-order valence-electron chi connectivity index (χ3n) is 1.57. The highest BCUT2D eigenvalue weighted by atomic mass is 32.2. The molecule has 1 aromatic rings. The van der Waals surface area contributed by atoms with Gasteiger partial charge in [0.15, 0.2) is 0 Å². The molecule has 0 aliphatic rings. The molecule has 0 unspecified atom stereocenters. The smallest absolute Gasteiger partial charge is 0.283 e. The summed E-state index contributed by atoms with van der Waals surface area (Å²) in [6.07, 6.45) is -3.35. The number of alkyl halides is 3. The zero-order valence-electron chi connectivity index (χ0n) is 8.78. The zero-order chi connectivity index (χ0) is 13.1.